The molecule has 0 atom stereocenters. The van der Waals surface area contributed by atoms with Crippen LogP contribution in [-0.2, 0) is 18.2 Å². The van der Waals surface area contributed by atoms with Gasteiger partial charge in [-0.1, -0.05) is 5.21 Å². The van der Waals surface area contributed by atoms with Crippen molar-refractivity contribution in [2.45, 2.75) is 25.3 Å². The molecule has 4 aromatic heterocycles. The maximum atomic E-state index is 5.42. The second-order valence-electron chi connectivity index (χ2n) is 6.69. The minimum Gasteiger partial charge on any atom is -0.381 e. The molecule has 138 valence electrons. The summed E-state index contributed by atoms with van der Waals surface area (Å²) in [6.07, 6.45) is 10.1. The highest BCUT2D eigenvalue weighted by Gasteiger charge is 2.17. The molecular formula is C17H19N9O. The van der Waals surface area contributed by atoms with Gasteiger partial charge in [-0.15, -0.1) is 5.10 Å². The smallest absolute Gasteiger partial charge is 0.188 e. The van der Waals surface area contributed by atoms with Crippen molar-refractivity contribution in [3.05, 3.63) is 42.2 Å². The quantitative estimate of drug-likeness (QED) is 0.533. The lowest BCUT2D eigenvalue weighted by atomic mass is 10.1. The number of aromatic nitrogens is 9. The summed E-state index contributed by atoms with van der Waals surface area (Å²) in [5, 5.41) is 17.2. The SMILES string of the molecule is Cn1ccc(-n2nnc3cnc(Cc4cnn(C5CCOCC5)c4)nc32)n1. The van der Waals surface area contributed by atoms with Gasteiger partial charge in [0.15, 0.2) is 17.0 Å². The van der Waals surface area contributed by atoms with E-state index in [1.54, 1.807) is 15.6 Å². The minimum atomic E-state index is 0.408. The zero-order chi connectivity index (χ0) is 18.2. The molecule has 10 nitrogen and oxygen atoms in total. The van der Waals surface area contributed by atoms with Crippen LogP contribution in [0.1, 0.15) is 30.3 Å². The lowest BCUT2D eigenvalue weighted by Gasteiger charge is -2.22. The molecule has 1 saturated heterocycles. The lowest BCUT2D eigenvalue weighted by molar-refractivity contribution is 0.0662. The fourth-order valence-corrected chi connectivity index (χ4v) is 3.32. The van der Waals surface area contributed by atoms with E-state index in [-0.39, 0.29) is 0 Å². The van der Waals surface area contributed by atoms with Gasteiger partial charge in [0.05, 0.1) is 18.4 Å². The summed E-state index contributed by atoms with van der Waals surface area (Å²) in [7, 11) is 1.86. The van der Waals surface area contributed by atoms with E-state index in [1.165, 1.54) is 0 Å². The number of hydrogen-bond donors (Lipinski definition) is 0. The summed E-state index contributed by atoms with van der Waals surface area (Å²) in [6, 6.07) is 2.28. The number of ether oxygens (including phenoxy) is 1. The fraction of sp³-hybridized carbons (Fsp3) is 0.412. The Bertz CT molecular complexity index is 1070. The van der Waals surface area contributed by atoms with E-state index in [4.69, 9.17) is 4.74 Å². The van der Waals surface area contributed by atoms with Crippen LogP contribution < -0.4 is 0 Å². The first-order valence-electron chi connectivity index (χ1n) is 8.94. The predicted octanol–water partition coefficient (Wildman–Crippen LogP) is 1.08. The van der Waals surface area contributed by atoms with Crippen LogP contribution in [0.2, 0.25) is 0 Å². The first-order valence-corrected chi connectivity index (χ1v) is 8.94. The van der Waals surface area contributed by atoms with Crippen LogP contribution in [0.5, 0.6) is 0 Å². The molecule has 0 bridgehead atoms. The maximum absolute atomic E-state index is 5.42. The predicted molar refractivity (Wildman–Crippen MR) is 95.3 cm³/mol. The van der Waals surface area contributed by atoms with Gasteiger partial charge in [-0.25, -0.2) is 9.97 Å². The van der Waals surface area contributed by atoms with Crippen LogP contribution in [0.3, 0.4) is 0 Å². The molecular weight excluding hydrogens is 346 g/mol. The molecule has 0 N–H and O–H groups in total. The zero-order valence-electron chi connectivity index (χ0n) is 14.9. The van der Waals surface area contributed by atoms with Crippen LogP contribution in [0.25, 0.3) is 17.0 Å². The Morgan fingerprint density at radius 3 is 2.93 bits per heavy atom. The minimum absolute atomic E-state index is 0.408. The van der Waals surface area contributed by atoms with E-state index in [9.17, 15) is 0 Å². The first kappa shape index (κ1) is 16.1. The van der Waals surface area contributed by atoms with Crippen LogP contribution in [0.4, 0.5) is 0 Å². The highest BCUT2D eigenvalue weighted by Crippen LogP contribution is 2.21. The second-order valence-corrected chi connectivity index (χ2v) is 6.69. The number of nitrogens with zero attached hydrogens (tertiary/aromatic N) is 9. The third-order valence-corrected chi connectivity index (χ3v) is 4.74. The first-order chi connectivity index (χ1) is 13.3. The van der Waals surface area contributed by atoms with Crippen LogP contribution in [-0.4, -0.2) is 57.7 Å². The Hall–Kier alpha value is -3.14. The molecule has 0 radical (unpaired) electrons. The molecule has 0 aliphatic carbocycles. The van der Waals surface area contributed by atoms with Crippen molar-refractivity contribution in [1.82, 2.24) is 44.5 Å². The molecule has 1 fully saturated rings. The molecule has 1 aliphatic heterocycles. The fourth-order valence-electron chi connectivity index (χ4n) is 3.32. The number of aryl methyl sites for hydroxylation is 1. The molecule has 0 amide bonds. The van der Waals surface area contributed by atoms with E-state index in [0.717, 1.165) is 31.6 Å². The second kappa shape index (κ2) is 6.54. The summed E-state index contributed by atoms with van der Waals surface area (Å²) >= 11 is 0. The third kappa shape index (κ3) is 3.08. The molecule has 10 heteroatoms. The van der Waals surface area contributed by atoms with Gasteiger partial charge in [0.2, 0.25) is 0 Å². The van der Waals surface area contributed by atoms with Gasteiger partial charge in [-0.3, -0.25) is 9.36 Å². The Labute approximate surface area is 154 Å². The van der Waals surface area contributed by atoms with Crippen molar-refractivity contribution in [2.24, 2.45) is 7.05 Å². The van der Waals surface area contributed by atoms with Crippen molar-refractivity contribution >= 4 is 11.2 Å². The molecule has 0 unspecified atom stereocenters. The summed E-state index contributed by atoms with van der Waals surface area (Å²) in [6.45, 7) is 1.59. The van der Waals surface area contributed by atoms with E-state index < -0.39 is 0 Å². The Morgan fingerprint density at radius 2 is 2.11 bits per heavy atom. The average Bonchev–Trinajstić information content (AvgIpc) is 3.42. The summed E-state index contributed by atoms with van der Waals surface area (Å²) < 4.78 is 10.8. The van der Waals surface area contributed by atoms with Gasteiger partial charge < -0.3 is 4.74 Å². The van der Waals surface area contributed by atoms with E-state index in [0.29, 0.717) is 35.3 Å². The molecule has 4 aromatic rings. The molecule has 0 aromatic carbocycles. The summed E-state index contributed by atoms with van der Waals surface area (Å²) in [5.41, 5.74) is 2.37. The van der Waals surface area contributed by atoms with Gasteiger partial charge in [0.25, 0.3) is 0 Å². The third-order valence-electron chi connectivity index (χ3n) is 4.74. The summed E-state index contributed by atoms with van der Waals surface area (Å²) in [4.78, 5) is 9.08. The standard InChI is InChI=1S/C17H19N9O/c1-24-5-2-16(22-24)26-17-14(21-23-26)10-18-15(20-17)8-12-9-19-25(11-12)13-3-6-27-7-4-13/h2,5,9-11,13H,3-4,6-8H2,1H3. The van der Waals surface area contributed by atoms with Crippen molar-refractivity contribution in [3.63, 3.8) is 0 Å². The van der Waals surface area contributed by atoms with Gasteiger partial charge in [0, 0.05) is 45.1 Å². The van der Waals surface area contributed by atoms with Crippen molar-refractivity contribution in [3.8, 4) is 5.82 Å². The van der Waals surface area contributed by atoms with Gasteiger partial charge in [-0.2, -0.15) is 14.9 Å². The van der Waals surface area contributed by atoms with E-state index in [1.807, 2.05) is 30.2 Å². The lowest BCUT2D eigenvalue weighted by Crippen LogP contribution is -2.19. The maximum Gasteiger partial charge on any atom is 0.188 e. The van der Waals surface area contributed by atoms with Crippen LogP contribution in [0.15, 0.2) is 30.9 Å². The van der Waals surface area contributed by atoms with Gasteiger partial charge in [0.1, 0.15) is 5.82 Å². The van der Waals surface area contributed by atoms with Crippen molar-refractivity contribution in [2.75, 3.05) is 13.2 Å². The Balaban J connectivity index is 1.41. The number of rotatable bonds is 4. The Kier molecular flexibility index (Phi) is 3.89. The molecule has 27 heavy (non-hydrogen) atoms. The van der Waals surface area contributed by atoms with Gasteiger partial charge >= 0.3 is 0 Å². The number of fused-ring (bicyclic) bond motifs is 1. The molecule has 0 saturated carbocycles. The monoisotopic (exact) mass is 365 g/mol. The van der Waals surface area contributed by atoms with Crippen molar-refractivity contribution < 1.29 is 4.74 Å². The average molecular weight is 365 g/mol. The van der Waals surface area contributed by atoms with Crippen LogP contribution >= 0.6 is 0 Å². The topological polar surface area (TPSA) is 101 Å². The highest BCUT2D eigenvalue weighted by atomic mass is 16.5. The van der Waals surface area contributed by atoms with E-state index in [2.05, 4.69) is 36.7 Å². The Morgan fingerprint density at radius 1 is 1.22 bits per heavy atom. The molecule has 5 heterocycles. The summed E-state index contributed by atoms with van der Waals surface area (Å²) in [5.74, 6) is 1.38. The largest absolute Gasteiger partial charge is 0.381 e. The molecule has 5 rings (SSSR count). The van der Waals surface area contributed by atoms with E-state index >= 15 is 0 Å². The highest BCUT2D eigenvalue weighted by molar-refractivity contribution is 5.69. The normalized spacial score (nSPS) is 15.6. The van der Waals surface area contributed by atoms with Gasteiger partial charge in [-0.05, 0) is 18.4 Å². The molecule has 1 aliphatic rings. The van der Waals surface area contributed by atoms with Crippen molar-refractivity contribution in [1.29, 1.82) is 0 Å². The van der Waals surface area contributed by atoms with Crippen LogP contribution in [0, 0.1) is 0 Å². The zero-order valence-corrected chi connectivity index (χ0v) is 14.9. The molecule has 0 spiro atoms. The number of hydrogen-bond acceptors (Lipinski definition) is 7.